The van der Waals surface area contributed by atoms with E-state index in [9.17, 15) is 4.79 Å². The molecule has 1 fully saturated rings. The van der Waals surface area contributed by atoms with Gasteiger partial charge in [0.05, 0.1) is 19.0 Å². The minimum atomic E-state index is -0.144. The second-order valence-corrected chi connectivity index (χ2v) is 4.00. The van der Waals surface area contributed by atoms with Gasteiger partial charge in [0.1, 0.15) is 5.82 Å². The number of H-pyrrole nitrogens is 1. The molecule has 1 aliphatic carbocycles. The summed E-state index contributed by atoms with van der Waals surface area (Å²) in [6.07, 6.45) is 6.77. The number of nitrogens with zero attached hydrogens (tertiary/aromatic N) is 1. The van der Waals surface area contributed by atoms with Crippen LogP contribution in [0.5, 0.6) is 0 Å². The van der Waals surface area contributed by atoms with Crippen LogP contribution in [-0.2, 0) is 4.74 Å². The highest BCUT2D eigenvalue weighted by atomic mass is 16.5. The molecule has 0 radical (unpaired) electrons. The molecule has 0 amide bonds. The lowest BCUT2D eigenvalue weighted by molar-refractivity contribution is 0.0658. The number of aromatic amines is 1. The van der Waals surface area contributed by atoms with E-state index in [1.54, 1.807) is 0 Å². The molecule has 1 saturated carbocycles. The predicted molar refractivity (Wildman–Crippen MR) is 61.6 cm³/mol. The van der Waals surface area contributed by atoms with Gasteiger partial charge in [-0.2, -0.15) is 0 Å². The Morgan fingerprint density at radius 3 is 3.06 bits per heavy atom. The summed E-state index contributed by atoms with van der Waals surface area (Å²) in [6.45, 7) is 1.35. The number of anilines is 1. The normalized spacial score (nSPS) is 16.5. The van der Waals surface area contributed by atoms with Crippen LogP contribution in [0.2, 0.25) is 0 Å². The van der Waals surface area contributed by atoms with E-state index in [4.69, 9.17) is 4.74 Å². The highest BCUT2D eigenvalue weighted by molar-refractivity contribution is 5.31. The van der Waals surface area contributed by atoms with Gasteiger partial charge >= 0.3 is 0 Å². The van der Waals surface area contributed by atoms with E-state index in [2.05, 4.69) is 15.3 Å². The third-order valence-electron chi connectivity index (χ3n) is 2.74. The zero-order valence-corrected chi connectivity index (χ0v) is 9.24. The van der Waals surface area contributed by atoms with Crippen LogP contribution in [0.25, 0.3) is 0 Å². The van der Waals surface area contributed by atoms with Gasteiger partial charge in [0.25, 0.3) is 5.56 Å². The number of hydrogen-bond donors (Lipinski definition) is 2. The van der Waals surface area contributed by atoms with Crippen LogP contribution in [0.4, 0.5) is 5.82 Å². The predicted octanol–water partition coefficient (Wildman–Crippen LogP) is 1.14. The molecule has 0 aliphatic heterocycles. The van der Waals surface area contributed by atoms with Crippen LogP contribution in [0.3, 0.4) is 0 Å². The average molecular weight is 223 g/mol. The molecular weight excluding hydrogens is 206 g/mol. The van der Waals surface area contributed by atoms with E-state index in [0.29, 0.717) is 25.1 Å². The average Bonchev–Trinajstić information content (AvgIpc) is 2.77. The first-order valence-electron chi connectivity index (χ1n) is 5.75. The zero-order valence-electron chi connectivity index (χ0n) is 9.24. The molecule has 0 bridgehead atoms. The summed E-state index contributed by atoms with van der Waals surface area (Å²) in [4.78, 5) is 17.4. The largest absolute Gasteiger partial charge is 0.376 e. The second-order valence-electron chi connectivity index (χ2n) is 4.00. The Morgan fingerprint density at radius 1 is 1.50 bits per heavy atom. The van der Waals surface area contributed by atoms with Crippen molar-refractivity contribution < 1.29 is 4.74 Å². The zero-order chi connectivity index (χ0) is 11.2. The molecule has 5 heteroatoms. The summed E-state index contributed by atoms with van der Waals surface area (Å²) in [5.74, 6) is 0.596. The highest BCUT2D eigenvalue weighted by Crippen LogP contribution is 2.20. The summed E-state index contributed by atoms with van der Waals surface area (Å²) >= 11 is 0. The Bertz CT molecular complexity index is 371. The number of aromatic nitrogens is 2. The van der Waals surface area contributed by atoms with Gasteiger partial charge in [-0.3, -0.25) is 4.79 Å². The van der Waals surface area contributed by atoms with Crippen LogP contribution < -0.4 is 10.9 Å². The monoisotopic (exact) mass is 223 g/mol. The van der Waals surface area contributed by atoms with Gasteiger partial charge in [0, 0.05) is 12.6 Å². The minimum absolute atomic E-state index is 0.144. The van der Waals surface area contributed by atoms with Crippen LogP contribution in [0, 0.1) is 0 Å². The van der Waals surface area contributed by atoms with Crippen molar-refractivity contribution in [2.45, 2.75) is 31.8 Å². The van der Waals surface area contributed by atoms with E-state index in [0.717, 1.165) is 0 Å². The van der Waals surface area contributed by atoms with Crippen molar-refractivity contribution in [1.82, 2.24) is 9.97 Å². The summed E-state index contributed by atoms with van der Waals surface area (Å²) in [7, 11) is 0. The molecule has 0 saturated heterocycles. The first kappa shape index (κ1) is 11.1. The van der Waals surface area contributed by atoms with Crippen molar-refractivity contribution >= 4 is 5.82 Å². The Hall–Kier alpha value is -1.36. The van der Waals surface area contributed by atoms with E-state index in [-0.39, 0.29) is 5.56 Å². The van der Waals surface area contributed by atoms with Crippen molar-refractivity contribution in [3.8, 4) is 0 Å². The fourth-order valence-corrected chi connectivity index (χ4v) is 1.92. The number of hydrogen-bond acceptors (Lipinski definition) is 4. The third kappa shape index (κ3) is 3.34. The van der Waals surface area contributed by atoms with Gasteiger partial charge in [0.2, 0.25) is 0 Å². The van der Waals surface area contributed by atoms with Crippen molar-refractivity contribution in [3.05, 3.63) is 22.7 Å². The molecule has 1 heterocycles. The summed E-state index contributed by atoms with van der Waals surface area (Å²) < 4.78 is 5.68. The van der Waals surface area contributed by atoms with Crippen molar-refractivity contribution in [3.63, 3.8) is 0 Å². The smallest absolute Gasteiger partial charge is 0.252 e. The van der Waals surface area contributed by atoms with Crippen LogP contribution in [0.1, 0.15) is 25.7 Å². The van der Waals surface area contributed by atoms with Crippen molar-refractivity contribution in [1.29, 1.82) is 0 Å². The maximum absolute atomic E-state index is 11.0. The fourth-order valence-electron chi connectivity index (χ4n) is 1.92. The first-order chi connectivity index (χ1) is 7.84. The number of nitrogens with one attached hydrogen (secondary N) is 2. The maximum atomic E-state index is 11.0. The Labute approximate surface area is 94.2 Å². The molecule has 1 aliphatic rings. The number of ether oxygens (including phenoxy) is 1. The Morgan fingerprint density at radius 2 is 2.31 bits per heavy atom. The van der Waals surface area contributed by atoms with Gasteiger partial charge in [-0.25, -0.2) is 4.98 Å². The third-order valence-corrected chi connectivity index (χ3v) is 2.74. The molecule has 0 aromatic carbocycles. The van der Waals surface area contributed by atoms with Crippen LogP contribution >= 0.6 is 0 Å². The molecular formula is C11H17N3O2. The lowest BCUT2D eigenvalue weighted by Gasteiger charge is -2.11. The molecule has 0 spiro atoms. The van der Waals surface area contributed by atoms with Crippen molar-refractivity contribution in [2.24, 2.45) is 0 Å². The molecule has 5 nitrogen and oxygen atoms in total. The molecule has 0 unspecified atom stereocenters. The van der Waals surface area contributed by atoms with Gasteiger partial charge in [-0.15, -0.1) is 0 Å². The standard InChI is InChI=1S/C11H17N3O2/c15-11-7-10(13-8-14-11)12-5-6-16-9-3-1-2-4-9/h7-9H,1-6H2,(H2,12,13,14,15). The minimum Gasteiger partial charge on any atom is -0.376 e. The quantitative estimate of drug-likeness (QED) is 0.735. The van der Waals surface area contributed by atoms with Gasteiger partial charge in [-0.05, 0) is 12.8 Å². The molecule has 2 N–H and O–H groups in total. The van der Waals surface area contributed by atoms with Gasteiger partial charge in [-0.1, -0.05) is 12.8 Å². The van der Waals surface area contributed by atoms with Gasteiger partial charge < -0.3 is 15.0 Å². The summed E-state index contributed by atoms with van der Waals surface area (Å²) in [6, 6.07) is 1.44. The van der Waals surface area contributed by atoms with E-state index in [1.165, 1.54) is 38.1 Å². The molecule has 0 atom stereocenters. The molecule has 1 aromatic rings. The lowest BCUT2D eigenvalue weighted by atomic mass is 10.3. The topological polar surface area (TPSA) is 67.0 Å². The number of rotatable bonds is 5. The SMILES string of the molecule is O=c1cc(NCCOC2CCCC2)nc[nH]1. The molecule has 2 rings (SSSR count). The first-order valence-corrected chi connectivity index (χ1v) is 5.75. The van der Waals surface area contributed by atoms with E-state index in [1.807, 2.05) is 0 Å². The summed E-state index contributed by atoms with van der Waals surface area (Å²) in [5, 5.41) is 3.05. The summed E-state index contributed by atoms with van der Waals surface area (Å²) in [5.41, 5.74) is -0.144. The van der Waals surface area contributed by atoms with Gasteiger partial charge in [0.15, 0.2) is 0 Å². The maximum Gasteiger partial charge on any atom is 0.252 e. The van der Waals surface area contributed by atoms with Crippen LogP contribution in [-0.4, -0.2) is 29.2 Å². The second kappa shape index (κ2) is 5.65. The van der Waals surface area contributed by atoms with E-state index < -0.39 is 0 Å². The Balaban J connectivity index is 1.66. The lowest BCUT2D eigenvalue weighted by Crippen LogP contribution is -2.17. The van der Waals surface area contributed by atoms with Crippen molar-refractivity contribution in [2.75, 3.05) is 18.5 Å². The highest BCUT2D eigenvalue weighted by Gasteiger charge is 2.14. The molecule has 16 heavy (non-hydrogen) atoms. The van der Waals surface area contributed by atoms with E-state index >= 15 is 0 Å². The van der Waals surface area contributed by atoms with Crippen LogP contribution in [0.15, 0.2) is 17.2 Å². The molecule has 1 aromatic heterocycles. The Kier molecular flexibility index (Phi) is 3.93. The fraction of sp³-hybridized carbons (Fsp3) is 0.636. The molecule has 88 valence electrons.